The summed E-state index contributed by atoms with van der Waals surface area (Å²) in [4.78, 5) is 0. The Labute approximate surface area is 126 Å². The molecule has 3 rings (SSSR count). The molecule has 0 bridgehead atoms. The third kappa shape index (κ3) is 2.90. The van der Waals surface area contributed by atoms with Gasteiger partial charge in [0.1, 0.15) is 0 Å². The Balaban J connectivity index is 2.00. The molecule has 0 radical (unpaired) electrons. The molecular formula is C21H20. The fourth-order valence-electron chi connectivity index (χ4n) is 2.89. The number of hydrogen-bond acceptors (Lipinski definition) is 0. The van der Waals surface area contributed by atoms with Gasteiger partial charge in [-0.3, -0.25) is 0 Å². The van der Waals surface area contributed by atoms with Crippen molar-refractivity contribution in [1.29, 1.82) is 0 Å². The number of hydrogen-bond donors (Lipinski definition) is 0. The minimum Gasteiger partial charge on any atom is -0.0737 e. The number of benzene rings is 3. The van der Waals surface area contributed by atoms with Crippen molar-refractivity contribution in [2.45, 2.75) is 19.8 Å². The zero-order chi connectivity index (χ0) is 14.7. The van der Waals surface area contributed by atoms with Crippen LogP contribution in [-0.4, -0.2) is 0 Å². The molecule has 0 N–H and O–H groups in total. The summed E-state index contributed by atoms with van der Waals surface area (Å²) in [6.45, 7) is 4.46. The highest BCUT2D eigenvalue weighted by Gasteiger charge is 2.06. The molecule has 0 aliphatic heterocycles. The third-order valence-corrected chi connectivity index (χ3v) is 4.04. The number of fused-ring (bicyclic) bond motifs is 1. The Morgan fingerprint density at radius 1 is 0.810 bits per heavy atom. The molecule has 0 amide bonds. The van der Waals surface area contributed by atoms with Crippen molar-refractivity contribution in [2.24, 2.45) is 0 Å². The Morgan fingerprint density at radius 3 is 2.29 bits per heavy atom. The Morgan fingerprint density at radius 2 is 1.48 bits per heavy atom. The molecule has 1 unspecified atom stereocenters. The molecule has 0 aliphatic rings. The molecule has 0 heterocycles. The first kappa shape index (κ1) is 13.6. The van der Waals surface area contributed by atoms with E-state index in [-0.39, 0.29) is 0 Å². The lowest BCUT2D eigenvalue weighted by Gasteiger charge is -2.11. The van der Waals surface area contributed by atoms with Gasteiger partial charge in [-0.1, -0.05) is 85.8 Å². The van der Waals surface area contributed by atoms with E-state index >= 15 is 0 Å². The molecular weight excluding hydrogens is 252 g/mol. The highest BCUT2D eigenvalue weighted by Crippen LogP contribution is 2.28. The minimum absolute atomic E-state index is 0.421. The third-order valence-electron chi connectivity index (χ3n) is 4.04. The van der Waals surface area contributed by atoms with Crippen molar-refractivity contribution < 1.29 is 0 Å². The van der Waals surface area contributed by atoms with Gasteiger partial charge in [-0.05, 0) is 40.3 Å². The van der Waals surface area contributed by atoms with E-state index < -0.39 is 0 Å². The van der Waals surface area contributed by atoms with E-state index in [1.54, 1.807) is 0 Å². The van der Waals surface area contributed by atoms with Gasteiger partial charge in [0.15, 0.2) is 0 Å². The van der Waals surface area contributed by atoms with Crippen LogP contribution >= 0.6 is 0 Å². The largest absolute Gasteiger partial charge is 0.0737 e. The summed E-state index contributed by atoms with van der Waals surface area (Å²) in [6.07, 6.45) is 2.36. The van der Waals surface area contributed by atoms with Gasteiger partial charge in [0, 0.05) is 0 Å². The lowest BCUT2D eigenvalue weighted by atomic mass is 9.94. The molecule has 0 aliphatic carbocycles. The van der Waals surface area contributed by atoms with Gasteiger partial charge in [-0.2, -0.15) is 0 Å². The first-order chi connectivity index (χ1) is 10.3. The van der Waals surface area contributed by atoms with Gasteiger partial charge in [0.05, 0.1) is 0 Å². The molecule has 0 spiro atoms. The Kier molecular flexibility index (Phi) is 3.87. The smallest absolute Gasteiger partial charge is 0.000451 e. The topological polar surface area (TPSA) is 0 Å². The molecule has 0 saturated carbocycles. The van der Waals surface area contributed by atoms with Crippen molar-refractivity contribution in [3.8, 4) is 0 Å². The van der Waals surface area contributed by atoms with E-state index in [2.05, 4.69) is 92.7 Å². The molecule has 1 atom stereocenters. The highest BCUT2D eigenvalue weighted by atomic mass is 14.1. The SMILES string of the molecule is C/C(=C\C(C)c1ccccc1)c1cccc2ccccc12. The van der Waals surface area contributed by atoms with Crippen molar-refractivity contribution >= 4 is 16.3 Å². The lowest BCUT2D eigenvalue weighted by Crippen LogP contribution is -1.91. The monoisotopic (exact) mass is 272 g/mol. The van der Waals surface area contributed by atoms with E-state index in [0.717, 1.165) is 0 Å². The Bertz CT molecular complexity index is 761. The van der Waals surface area contributed by atoms with Crippen LogP contribution in [-0.2, 0) is 0 Å². The second kappa shape index (κ2) is 5.97. The summed E-state index contributed by atoms with van der Waals surface area (Å²) < 4.78 is 0. The van der Waals surface area contributed by atoms with Crippen molar-refractivity contribution in [3.05, 3.63) is 90.0 Å². The van der Waals surface area contributed by atoms with E-state index in [9.17, 15) is 0 Å². The predicted octanol–water partition coefficient (Wildman–Crippen LogP) is 6.05. The summed E-state index contributed by atoms with van der Waals surface area (Å²) in [6, 6.07) is 25.8. The average molecular weight is 272 g/mol. The van der Waals surface area contributed by atoms with Gasteiger partial charge in [-0.25, -0.2) is 0 Å². The van der Waals surface area contributed by atoms with Crippen LogP contribution in [0.5, 0.6) is 0 Å². The van der Waals surface area contributed by atoms with Crippen LogP contribution in [0.25, 0.3) is 16.3 Å². The first-order valence-electron chi connectivity index (χ1n) is 7.47. The molecule has 0 heteroatoms. The van der Waals surface area contributed by atoms with Crippen LogP contribution in [0.2, 0.25) is 0 Å². The van der Waals surface area contributed by atoms with Gasteiger partial charge >= 0.3 is 0 Å². The highest BCUT2D eigenvalue weighted by molar-refractivity contribution is 5.93. The van der Waals surface area contributed by atoms with Gasteiger partial charge < -0.3 is 0 Å². The maximum atomic E-state index is 2.36. The quantitative estimate of drug-likeness (QED) is 0.544. The molecule has 0 nitrogen and oxygen atoms in total. The molecule has 0 saturated heterocycles. The summed E-state index contributed by atoms with van der Waals surface area (Å²) in [5.41, 5.74) is 4.02. The van der Waals surface area contributed by atoms with Crippen LogP contribution in [0.1, 0.15) is 30.9 Å². The molecule has 3 aromatic carbocycles. The fraction of sp³-hybridized carbons (Fsp3) is 0.143. The van der Waals surface area contributed by atoms with E-state index in [4.69, 9.17) is 0 Å². The minimum atomic E-state index is 0.421. The molecule has 104 valence electrons. The molecule has 3 aromatic rings. The maximum Gasteiger partial charge on any atom is -0.000451 e. The van der Waals surface area contributed by atoms with Crippen molar-refractivity contribution in [1.82, 2.24) is 0 Å². The van der Waals surface area contributed by atoms with Gasteiger partial charge in [0.25, 0.3) is 0 Å². The summed E-state index contributed by atoms with van der Waals surface area (Å²) in [5, 5.41) is 2.63. The lowest BCUT2D eigenvalue weighted by molar-refractivity contribution is 0.968. The summed E-state index contributed by atoms with van der Waals surface area (Å²) >= 11 is 0. The first-order valence-corrected chi connectivity index (χ1v) is 7.47. The van der Waals surface area contributed by atoms with Crippen LogP contribution in [0.15, 0.2) is 78.9 Å². The average Bonchev–Trinajstić information content (AvgIpc) is 2.55. The van der Waals surface area contributed by atoms with Gasteiger partial charge in [0.2, 0.25) is 0 Å². The van der Waals surface area contributed by atoms with Crippen molar-refractivity contribution in [3.63, 3.8) is 0 Å². The maximum absolute atomic E-state index is 2.36. The van der Waals surface area contributed by atoms with E-state index in [1.807, 2.05) is 0 Å². The zero-order valence-corrected chi connectivity index (χ0v) is 12.6. The molecule has 0 aromatic heterocycles. The molecule has 21 heavy (non-hydrogen) atoms. The van der Waals surface area contributed by atoms with Crippen molar-refractivity contribution in [2.75, 3.05) is 0 Å². The fourth-order valence-corrected chi connectivity index (χ4v) is 2.89. The second-order valence-corrected chi connectivity index (χ2v) is 5.58. The molecule has 0 fully saturated rings. The van der Waals surface area contributed by atoms with Crippen LogP contribution in [0.3, 0.4) is 0 Å². The standard InChI is InChI=1S/C21H20/c1-16(18-9-4-3-5-10-18)15-17(2)20-14-8-12-19-11-6-7-13-21(19)20/h3-16H,1-2H3/b17-15+. The predicted molar refractivity (Wildman–Crippen MR) is 92.5 cm³/mol. The summed E-state index contributed by atoms with van der Waals surface area (Å²) in [7, 11) is 0. The second-order valence-electron chi connectivity index (χ2n) is 5.58. The summed E-state index contributed by atoms with van der Waals surface area (Å²) in [5.74, 6) is 0.421. The van der Waals surface area contributed by atoms with E-state index in [0.29, 0.717) is 5.92 Å². The Hall–Kier alpha value is -2.34. The number of rotatable bonds is 3. The van der Waals surface area contributed by atoms with Gasteiger partial charge in [-0.15, -0.1) is 0 Å². The van der Waals surface area contributed by atoms with Crippen LogP contribution in [0, 0.1) is 0 Å². The number of allylic oxidation sites excluding steroid dienone is 2. The normalized spacial score (nSPS) is 13.3. The zero-order valence-electron chi connectivity index (χ0n) is 12.6. The van der Waals surface area contributed by atoms with Crippen LogP contribution < -0.4 is 0 Å². The van der Waals surface area contributed by atoms with Crippen LogP contribution in [0.4, 0.5) is 0 Å². The van der Waals surface area contributed by atoms with E-state index in [1.165, 1.54) is 27.5 Å².